The number of ether oxygens (including phenoxy) is 2. The summed E-state index contributed by atoms with van der Waals surface area (Å²) in [6, 6.07) is 11.8. The molecule has 1 aliphatic rings. The van der Waals surface area contributed by atoms with E-state index in [4.69, 9.17) is 19.5 Å². The number of carbonyl (C=O) groups excluding carboxylic acids is 2. The molecule has 0 radical (unpaired) electrons. The van der Waals surface area contributed by atoms with Crippen molar-refractivity contribution >= 4 is 40.2 Å². The van der Waals surface area contributed by atoms with Gasteiger partial charge in [0, 0.05) is 48.6 Å². The predicted octanol–water partition coefficient (Wildman–Crippen LogP) is 7.70. The highest BCUT2D eigenvalue weighted by Crippen LogP contribution is 2.36. The molecule has 0 saturated heterocycles. The highest BCUT2D eigenvalue weighted by atomic mass is 19.1. The minimum atomic E-state index is -0.820. The number of rotatable bonds is 4. The smallest absolute Gasteiger partial charge is 0.419 e. The molecule has 1 aromatic carbocycles. The summed E-state index contributed by atoms with van der Waals surface area (Å²) < 4.78 is 27.4. The molecule has 0 saturated carbocycles. The van der Waals surface area contributed by atoms with Crippen LogP contribution in [0.15, 0.2) is 78.4 Å². The SMILES string of the molecule is CN(C)c1cncc(-c2cc3c(cn2)N(C(=O)OC(C)(C)C)CN=C3c2cc3c(-c4cccc(F)c4)cncc3n2C(=O)OC(C)(C)C)c1. The van der Waals surface area contributed by atoms with E-state index >= 15 is 0 Å². The molecule has 49 heavy (non-hydrogen) atoms. The standard InChI is InChI=1S/C37H38FN7O4/c1-36(2,3)48-34(46)44-21-42-33(27-14-29(41-20-31(27)44)23-13-25(43(7)8)17-39-16-23)30-15-26-28(22-10-9-11-24(38)12-22)18-40-19-32(26)45(30)35(47)49-37(4,5)6/h9-20H,21H2,1-8H3. The Hall–Kier alpha value is -5.65. The molecule has 0 atom stereocenters. The van der Waals surface area contributed by atoms with E-state index in [-0.39, 0.29) is 6.67 Å². The van der Waals surface area contributed by atoms with Gasteiger partial charge in [-0.05, 0) is 77.4 Å². The van der Waals surface area contributed by atoms with Crippen molar-refractivity contribution in [3.05, 3.63) is 90.5 Å². The summed E-state index contributed by atoms with van der Waals surface area (Å²) in [7, 11) is 3.85. The van der Waals surface area contributed by atoms with Crippen LogP contribution in [0, 0.1) is 5.82 Å². The van der Waals surface area contributed by atoms with E-state index in [2.05, 4.69) is 9.97 Å². The molecule has 0 bridgehead atoms. The zero-order valence-electron chi connectivity index (χ0n) is 28.8. The molecular formula is C37H38FN7O4. The maximum Gasteiger partial charge on any atom is 0.419 e. The fraction of sp³-hybridized carbons (Fsp3) is 0.297. The summed E-state index contributed by atoms with van der Waals surface area (Å²) in [6.45, 7) is 10.6. The van der Waals surface area contributed by atoms with Crippen molar-refractivity contribution in [3.8, 4) is 22.4 Å². The minimum absolute atomic E-state index is 0.0964. The van der Waals surface area contributed by atoms with E-state index in [1.807, 2.05) is 37.2 Å². The van der Waals surface area contributed by atoms with Gasteiger partial charge in [0.1, 0.15) is 23.7 Å². The van der Waals surface area contributed by atoms with E-state index in [1.165, 1.54) is 21.6 Å². The molecule has 12 heteroatoms. The van der Waals surface area contributed by atoms with Crippen LogP contribution in [-0.4, -0.2) is 69.4 Å². The second-order valence-electron chi connectivity index (χ2n) is 13.9. The van der Waals surface area contributed by atoms with Crippen LogP contribution in [0.1, 0.15) is 52.8 Å². The monoisotopic (exact) mass is 663 g/mol. The topological polar surface area (TPSA) is 115 Å². The number of pyridine rings is 3. The van der Waals surface area contributed by atoms with Crippen molar-refractivity contribution in [1.82, 2.24) is 19.5 Å². The molecule has 4 aromatic heterocycles. The minimum Gasteiger partial charge on any atom is -0.443 e. The first kappa shape index (κ1) is 33.3. The third kappa shape index (κ3) is 6.85. The second kappa shape index (κ2) is 12.4. The van der Waals surface area contributed by atoms with Crippen molar-refractivity contribution in [1.29, 1.82) is 0 Å². The third-order valence-electron chi connectivity index (χ3n) is 7.63. The van der Waals surface area contributed by atoms with Crippen LogP contribution in [0.5, 0.6) is 0 Å². The number of benzene rings is 1. The van der Waals surface area contributed by atoms with Crippen molar-refractivity contribution < 1.29 is 23.5 Å². The second-order valence-corrected chi connectivity index (χ2v) is 13.9. The fourth-order valence-electron chi connectivity index (χ4n) is 5.50. The molecule has 252 valence electrons. The Kier molecular flexibility index (Phi) is 8.43. The molecule has 5 aromatic rings. The van der Waals surface area contributed by atoms with Crippen LogP contribution in [0.3, 0.4) is 0 Å². The van der Waals surface area contributed by atoms with Crippen LogP contribution in [0.4, 0.5) is 25.4 Å². The number of aliphatic imine (C=N–C) groups is 1. The number of hydrogen-bond donors (Lipinski definition) is 0. The lowest BCUT2D eigenvalue weighted by Gasteiger charge is -2.31. The van der Waals surface area contributed by atoms with Crippen molar-refractivity contribution in [2.75, 3.05) is 30.6 Å². The molecular weight excluding hydrogens is 625 g/mol. The first-order valence-electron chi connectivity index (χ1n) is 15.8. The normalized spacial score (nSPS) is 13.2. The molecule has 1 amide bonds. The quantitative estimate of drug-likeness (QED) is 0.192. The fourth-order valence-corrected chi connectivity index (χ4v) is 5.50. The van der Waals surface area contributed by atoms with E-state index in [0.717, 1.165) is 11.3 Å². The Morgan fingerprint density at radius 3 is 2.22 bits per heavy atom. The number of aromatic nitrogens is 4. The lowest BCUT2D eigenvalue weighted by molar-refractivity contribution is 0.0539. The van der Waals surface area contributed by atoms with Crippen molar-refractivity contribution in [3.63, 3.8) is 0 Å². The molecule has 5 heterocycles. The molecule has 0 fully saturated rings. The van der Waals surface area contributed by atoms with Crippen molar-refractivity contribution in [2.24, 2.45) is 4.99 Å². The van der Waals surface area contributed by atoms with Gasteiger partial charge in [0.15, 0.2) is 0 Å². The average Bonchev–Trinajstić information content (AvgIpc) is 3.42. The van der Waals surface area contributed by atoms with E-state index in [0.29, 0.717) is 50.4 Å². The van der Waals surface area contributed by atoms with Gasteiger partial charge < -0.3 is 14.4 Å². The number of amides is 1. The van der Waals surface area contributed by atoms with Crippen LogP contribution in [0.25, 0.3) is 33.3 Å². The van der Waals surface area contributed by atoms with Gasteiger partial charge in [-0.1, -0.05) is 12.1 Å². The van der Waals surface area contributed by atoms with Crippen molar-refractivity contribution in [2.45, 2.75) is 52.7 Å². The van der Waals surface area contributed by atoms with Gasteiger partial charge in [-0.25, -0.2) is 18.5 Å². The predicted molar refractivity (Wildman–Crippen MR) is 188 cm³/mol. The largest absolute Gasteiger partial charge is 0.443 e. The Morgan fingerprint density at radius 2 is 1.53 bits per heavy atom. The lowest BCUT2D eigenvalue weighted by Crippen LogP contribution is -2.40. The number of halogens is 1. The summed E-state index contributed by atoms with van der Waals surface area (Å²) >= 11 is 0. The number of nitrogens with zero attached hydrogens (tertiary/aromatic N) is 7. The lowest BCUT2D eigenvalue weighted by atomic mass is 10.00. The third-order valence-corrected chi connectivity index (χ3v) is 7.63. The maximum absolute atomic E-state index is 14.4. The van der Waals surface area contributed by atoms with Gasteiger partial charge >= 0.3 is 12.2 Å². The molecule has 0 N–H and O–H groups in total. The van der Waals surface area contributed by atoms with Crippen LogP contribution in [0.2, 0.25) is 0 Å². The molecule has 11 nitrogen and oxygen atoms in total. The van der Waals surface area contributed by atoms with Gasteiger partial charge in [0.2, 0.25) is 0 Å². The van der Waals surface area contributed by atoms with Gasteiger partial charge in [0.05, 0.1) is 52.6 Å². The Balaban J connectivity index is 1.60. The molecule has 0 aliphatic carbocycles. The summed E-state index contributed by atoms with van der Waals surface area (Å²) in [4.78, 5) is 49.3. The van der Waals surface area contributed by atoms with Crippen LogP contribution < -0.4 is 9.80 Å². The zero-order valence-corrected chi connectivity index (χ0v) is 28.8. The summed E-state index contributed by atoms with van der Waals surface area (Å²) in [5.41, 5.74) is 4.09. The van der Waals surface area contributed by atoms with Gasteiger partial charge in [-0.3, -0.25) is 24.8 Å². The molecule has 6 rings (SSSR count). The number of fused-ring (bicyclic) bond motifs is 2. The summed E-state index contributed by atoms with van der Waals surface area (Å²) in [5, 5.41) is 0.637. The van der Waals surface area contributed by atoms with Gasteiger partial charge in [-0.15, -0.1) is 0 Å². The first-order chi connectivity index (χ1) is 23.1. The molecule has 0 unspecified atom stereocenters. The molecule has 0 spiro atoms. The first-order valence-corrected chi connectivity index (χ1v) is 15.8. The van der Waals surface area contributed by atoms with E-state index in [9.17, 15) is 14.0 Å². The Labute approximate surface area is 284 Å². The zero-order chi connectivity index (χ0) is 35.2. The maximum atomic E-state index is 14.4. The van der Waals surface area contributed by atoms with Gasteiger partial charge in [0.25, 0.3) is 0 Å². The highest BCUT2D eigenvalue weighted by molar-refractivity contribution is 6.21. The number of anilines is 2. The van der Waals surface area contributed by atoms with Gasteiger partial charge in [-0.2, -0.15) is 0 Å². The Bertz CT molecular complexity index is 2130. The summed E-state index contributed by atoms with van der Waals surface area (Å²) in [6.07, 6.45) is 7.03. The molecule has 1 aliphatic heterocycles. The highest BCUT2D eigenvalue weighted by Gasteiger charge is 2.33. The summed E-state index contributed by atoms with van der Waals surface area (Å²) in [5.74, 6) is -0.401. The van der Waals surface area contributed by atoms with Crippen LogP contribution in [-0.2, 0) is 9.47 Å². The van der Waals surface area contributed by atoms with E-state index in [1.54, 1.807) is 84.7 Å². The average molecular weight is 664 g/mol. The Morgan fingerprint density at radius 1 is 0.816 bits per heavy atom. The number of hydrogen-bond acceptors (Lipinski definition) is 9. The number of carbonyl (C=O) groups is 2. The van der Waals surface area contributed by atoms with Crippen LogP contribution >= 0.6 is 0 Å². The van der Waals surface area contributed by atoms with E-state index < -0.39 is 29.2 Å².